The van der Waals surface area contributed by atoms with E-state index in [2.05, 4.69) is 23.8 Å². The monoisotopic (exact) mass is 375 g/mol. The predicted octanol–water partition coefficient (Wildman–Crippen LogP) is 4.76. The van der Waals surface area contributed by atoms with Gasteiger partial charge < -0.3 is 9.64 Å². The largest absolute Gasteiger partial charge is 0.497 e. The molecule has 0 saturated heterocycles. The first-order chi connectivity index (χ1) is 13.5. The van der Waals surface area contributed by atoms with E-state index in [1.54, 1.807) is 18.2 Å². The Morgan fingerprint density at radius 1 is 1.07 bits per heavy atom. The van der Waals surface area contributed by atoms with E-state index in [4.69, 9.17) is 4.74 Å². The van der Waals surface area contributed by atoms with Gasteiger partial charge in [-0.25, -0.2) is 4.98 Å². The van der Waals surface area contributed by atoms with Crippen molar-refractivity contribution in [1.29, 1.82) is 0 Å². The predicted molar refractivity (Wildman–Crippen MR) is 111 cm³/mol. The Hall–Kier alpha value is -3.21. The Morgan fingerprint density at radius 2 is 1.75 bits per heavy atom. The molecule has 0 radical (unpaired) electrons. The van der Waals surface area contributed by atoms with Crippen molar-refractivity contribution in [3.8, 4) is 5.75 Å². The highest BCUT2D eigenvalue weighted by molar-refractivity contribution is 6.05. The van der Waals surface area contributed by atoms with Crippen molar-refractivity contribution in [2.24, 2.45) is 0 Å². The molecule has 5 heteroatoms. The summed E-state index contributed by atoms with van der Waals surface area (Å²) in [5, 5.41) is 0. The van der Waals surface area contributed by atoms with E-state index in [1.165, 1.54) is 0 Å². The van der Waals surface area contributed by atoms with Gasteiger partial charge in [-0.15, -0.1) is 0 Å². The summed E-state index contributed by atoms with van der Waals surface area (Å²) < 4.78 is 5.24. The molecule has 3 aromatic rings. The summed E-state index contributed by atoms with van der Waals surface area (Å²) in [5.74, 6) is 0.833. The van der Waals surface area contributed by atoms with E-state index >= 15 is 0 Å². The summed E-state index contributed by atoms with van der Waals surface area (Å²) in [6.45, 7) is 6.40. The summed E-state index contributed by atoms with van der Waals surface area (Å²) in [4.78, 5) is 24.1. The number of carbonyl (C=O) groups is 1. The number of rotatable bonds is 6. The van der Waals surface area contributed by atoms with Crippen LogP contribution in [0.25, 0.3) is 0 Å². The van der Waals surface area contributed by atoms with E-state index in [0.29, 0.717) is 17.9 Å². The van der Waals surface area contributed by atoms with Crippen LogP contribution in [0.3, 0.4) is 0 Å². The van der Waals surface area contributed by atoms with Gasteiger partial charge in [0.15, 0.2) is 0 Å². The molecule has 1 heterocycles. The van der Waals surface area contributed by atoms with E-state index in [-0.39, 0.29) is 11.8 Å². The number of ether oxygens (including phenoxy) is 1. The minimum atomic E-state index is -0.172. The number of benzene rings is 2. The summed E-state index contributed by atoms with van der Waals surface area (Å²) in [6, 6.07) is 17.4. The van der Waals surface area contributed by atoms with Crippen LogP contribution in [0, 0.1) is 6.92 Å². The Balaban J connectivity index is 1.98. The molecule has 1 amide bonds. The number of hydrogen-bond donors (Lipinski definition) is 0. The van der Waals surface area contributed by atoms with Crippen LogP contribution in [0.15, 0.2) is 60.8 Å². The number of aromatic nitrogens is 2. The molecule has 0 fully saturated rings. The average molecular weight is 375 g/mol. The van der Waals surface area contributed by atoms with Crippen molar-refractivity contribution in [1.82, 2.24) is 9.97 Å². The summed E-state index contributed by atoms with van der Waals surface area (Å²) in [6.07, 6.45) is 1.69. The lowest BCUT2D eigenvalue weighted by atomic mass is 10.1. The smallest absolute Gasteiger partial charge is 0.279 e. The van der Waals surface area contributed by atoms with Crippen molar-refractivity contribution < 1.29 is 9.53 Å². The van der Waals surface area contributed by atoms with Gasteiger partial charge in [0, 0.05) is 11.9 Å². The van der Waals surface area contributed by atoms with Crippen LogP contribution < -0.4 is 9.64 Å². The molecular weight excluding hydrogens is 350 g/mol. The van der Waals surface area contributed by atoms with E-state index in [1.807, 2.05) is 61.5 Å². The lowest BCUT2D eigenvalue weighted by Gasteiger charge is -2.23. The van der Waals surface area contributed by atoms with Crippen LogP contribution in [-0.4, -0.2) is 23.0 Å². The minimum absolute atomic E-state index is 0.172. The lowest BCUT2D eigenvalue weighted by Crippen LogP contribution is -2.32. The fourth-order valence-electron chi connectivity index (χ4n) is 2.92. The molecule has 0 atom stereocenters. The van der Waals surface area contributed by atoms with Crippen molar-refractivity contribution in [2.75, 3.05) is 12.0 Å². The summed E-state index contributed by atoms with van der Waals surface area (Å²) in [5.41, 5.74) is 3.71. The Morgan fingerprint density at radius 3 is 2.32 bits per heavy atom. The summed E-state index contributed by atoms with van der Waals surface area (Å²) >= 11 is 0. The van der Waals surface area contributed by atoms with Crippen LogP contribution in [0.5, 0.6) is 5.75 Å². The second-order valence-corrected chi connectivity index (χ2v) is 6.96. The maximum Gasteiger partial charge on any atom is 0.279 e. The third-order valence-corrected chi connectivity index (χ3v) is 4.57. The maximum atomic E-state index is 13.4. The molecular formula is C23H25N3O2. The molecule has 1 aromatic heterocycles. The second-order valence-electron chi connectivity index (χ2n) is 6.96. The van der Waals surface area contributed by atoms with Crippen LogP contribution >= 0.6 is 0 Å². The average Bonchev–Trinajstić information content (AvgIpc) is 2.72. The van der Waals surface area contributed by atoms with Gasteiger partial charge in [0.1, 0.15) is 11.4 Å². The SMILES string of the molecule is COc1ccc(N(Cc2ccccc2)C(=O)c2ncc(C(C)C)nc2C)cc1. The van der Waals surface area contributed by atoms with Crippen molar-refractivity contribution in [3.05, 3.63) is 83.4 Å². The molecule has 0 spiro atoms. The van der Waals surface area contributed by atoms with Crippen LogP contribution in [0.4, 0.5) is 5.69 Å². The van der Waals surface area contributed by atoms with Gasteiger partial charge >= 0.3 is 0 Å². The molecule has 0 saturated carbocycles. The van der Waals surface area contributed by atoms with Gasteiger partial charge in [0.25, 0.3) is 5.91 Å². The lowest BCUT2D eigenvalue weighted by molar-refractivity contribution is 0.0979. The van der Waals surface area contributed by atoms with Crippen molar-refractivity contribution in [2.45, 2.75) is 33.2 Å². The van der Waals surface area contributed by atoms with Gasteiger partial charge in [0.2, 0.25) is 0 Å². The van der Waals surface area contributed by atoms with Crippen molar-refractivity contribution >= 4 is 11.6 Å². The van der Waals surface area contributed by atoms with Crippen LogP contribution in [-0.2, 0) is 6.54 Å². The highest BCUT2D eigenvalue weighted by Crippen LogP contribution is 2.24. The third kappa shape index (κ3) is 4.36. The van der Waals surface area contributed by atoms with E-state index < -0.39 is 0 Å². The van der Waals surface area contributed by atoms with Crippen LogP contribution in [0.1, 0.15) is 47.2 Å². The van der Waals surface area contributed by atoms with Gasteiger partial charge in [0.05, 0.1) is 25.0 Å². The maximum absolute atomic E-state index is 13.4. The van der Waals surface area contributed by atoms with Gasteiger partial charge in [-0.05, 0) is 42.7 Å². The second kappa shape index (κ2) is 8.65. The first-order valence-electron chi connectivity index (χ1n) is 9.33. The molecule has 0 unspecified atom stereocenters. The normalized spacial score (nSPS) is 10.8. The molecule has 0 N–H and O–H groups in total. The first-order valence-corrected chi connectivity index (χ1v) is 9.33. The van der Waals surface area contributed by atoms with Crippen LogP contribution in [0.2, 0.25) is 0 Å². The highest BCUT2D eigenvalue weighted by atomic mass is 16.5. The third-order valence-electron chi connectivity index (χ3n) is 4.57. The first kappa shape index (κ1) is 19.5. The number of nitrogens with zero attached hydrogens (tertiary/aromatic N) is 3. The fraction of sp³-hybridized carbons (Fsp3) is 0.261. The zero-order chi connectivity index (χ0) is 20.1. The molecule has 0 aliphatic carbocycles. The number of amides is 1. The molecule has 0 aliphatic rings. The summed E-state index contributed by atoms with van der Waals surface area (Å²) in [7, 11) is 1.62. The molecule has 144 valence electrons. The number of carbonyl (C=O) groups excluding carboxylic acids is 1. The molecule has 0 bridgehead atoms. The number of aryl methyl sites for hydroxylation is 1. The Labute approximate surface area is 166 Å². The number of hydrogen-bond acceptors (Lipinski definition) is 4. The minimum Gasteiger partial charge on any atom is -0.497 e. The quantitative estimate of drug-likeness (QED) is 0.623. The topological polar surface area (TPSA) is 55.3 Å². The number of methoxy groups -OCH3 is 1. The molecule has 2 aromatic carbocycles. The van der Waals surface area contributed by atoms with Crippen molar-refractivity contribution in [3.63, 3.8) is 0 Å². The van der Waals surface area contributed by atoms with E-state index in [9.17, 15) is 4.79 Å². The zero-order valence-corrected chi connectivity index (χ0v) is 16.7. The van der Waals surface area contributed by atoms with E-state index in [0.717, 1.165) is 22.7 Å². The fourth-order valence-corrected chi connectivity index (χ4v) is 2.92. The Bertz CT molecular complexity index is 938. The molecule has 3 rings (SSSR count). The van der Waals surface area contributed by atoms with Gasteiger partial charge in [-0.2, -0.15) is 0 Å². The van der Waals surface area contributed by atoms with Gasteiger partial charge in [-0.1, -0.05) is 44.2 Å². The van der Waals surface area contributed by atoms with Gasteiger partial charge in [-0.3, -0.25) is 9.78 Å². The zero-order valence-electron chi connectivity index (χ0n) is 16.7. The Kier molecular flexibility index (Phi) is 6.04. The highest BCUT2D eigenvalue weighted by Gasteiger charge is 2.22. The molecule has 28 heavy (non-hydrogen) atoms. The standard InChI is InChI=1S/C23H25N3O2/c1-16(2)21-14-24-22(17(3)25-21)23(27)26(15-18-8-6-5-7-9-18)19-10-12-20(28-4)13-11-19/h5-14,16H,15H2,1-4H3. The number of anilines is 1. The molecule has 0 aliphatic heterocycles. The molecule has 5 nitrogen and oxygen atoms in total.